The molecule has 0 heterocycles. The summed E-state index contributed by atoms with van der Waals surface area (Å²) in [6.07, 6.45) is 6.56. The fourth-order valence-electron chi connectivity index (χ4n) is 3.08. The van der Waals surface area contributed by atoms with Gasteiger partial charge in [-0.1, -0.05) is 39.2 Å². The van der Waals surface area contributed by atoms with Gasteiger partial charge in [0.15, 0.2) is 11.5 Å². The van der Waals surface area contributed by atoms with Gasteiger partial charge in [-0.3, -0.25) is 4.79 Å². The maximum Gasteiger partial charge on any atom is 0.224 e. The summed E-state index contributed by atoms with van der Waals surface area (Å²) < 4.78 is 17.3. The van der Waals surface area contributed by atoms with Crippen LogP contribution in [0.2, 0.25) is 0 Å². The number of rotatable bonds is 15. The lowest BCUT2D eigenvalue weighted by Crippen LogP contribution is -2.12. The Morgan fingerprint density at radius 1 is 0.806 bits per heavy atom. The third kappa shape index (κ3) is 9.33. The minimum atomic E-state index is -0.0159. The second-order valence-electron chi connectivity index (χ2n) is 7.54. The first kappa shape index (κ1) is 24.6. The van der Waals surface area contributed by atoms with Gasteiger partial charge in [0.2, 0.25) is 5.91 Å². The molecule has 0 aliphatic heterocycles. The summed E-state index contributed by atoms with van der Waals surface area (Å²) in [5.74, 6) is 2.32. The van der Waals surface area contributed by atoms with Gasteiger partial charge in [0.1, 0.15) is 5.75 Å². The number of anilines is 1. The maximum absolute atomic E-state index is 12.4. The summed E-state index contributed by atoms with van der Waals surface area (Å²) in [5, 5.41) is 2.95. The molecule has 0 saturated heterocycles. The predicted molar refractivity (Wildman–Crippen MR) is 126 cm³/mol. The molecular formula is C26H37NO4. The van der Waals surface area contributed by atoms with Crippen molar-refractivity contribution in [2.75, 3.05) is 25.1 Å². The van der Waals surface area contributed by atoms with E-state index >= 15 is 0 Å². The molecule has 0 atom stereocenters. The molecule has 2 rings (SSSR count). The van der Waals surface area contributed by atoms with Gasteiger partial charge in [-0.05, 0) is 68.1 Å². The zero-order chi connectivity index (χ0) is 22.3. The normalized spacial score (nSPS) is 10.5. The Labute approximate surface area is 187 Å². The summed E-state index contributed by atoms with van der Waals surface area (Å²) in [6, 6.07) is 13.5. The number of hydrogen-bond acceptors (Lipinski definition) is 4. The van der Waals surface area contributed by atoms with Crippen LogP contribution in [0.5, 0.6) is 17.2 Å². The van der Waals surface area contributed by atoms with Gasteiger partial charge in [-0.25, -0.2) is 0 Å². The van der Waals surface area contributed by atoms with Crippen molar-refractivity contribution in [3.63, 3.8) is 0 Å². The number of amides is 1. The molecule has 1 N–H and O–H groups in total. The van der Waals surface area contributed by atoms with Crippen LogP contribution < -0.4 is 19.5 Å². The van der Waals surface area contributed by atoms with Crippen LogP contribution in [-0.4, -0.2) is 25.7 Å². The highest BCUT2D eigenvalue weighted by Crippen LogP contribution is 2.29. The minimum Gasteiger partial charge on any atom is -0.494 e. The smallest absolute Gasteiger partial charge is 0.224 e. The zero-order valence-electron chi connectivity index (χ0n) is 19.2. The predicted octanol–water partition coefficient (Wildman–Crippen LogP) is 6.40. The molecule has 2 aromatic rings. The fraction of sp³-hybridized carbons (Fsp3) is 0.500. The van der Waals surface area contributed by atoms with E-state index in [1.54, 1.807) is 0 Å². The molecule has 1 amide bonds. The van der Waals surface area contributed by atoms with E-state index in [4.69, 9.17) is 14.2 Å². The minimum absolute atomic E-state index is 0.0159. The molecule has 0 radical (unpaired) electrons. The lowest BCUT2D eigenvalue weighted by atomic mass is 10.1. The molecule has 0 saturated carbocycles. The molecule has 0 fully saturated rings. The molecule has 0 aliphatic carbocycles. The van der Waals surface area contributed by atoms with E-state index < -0.39 is 0 Å². The van der Waals surface area contributed by atoms with Crippen LogP contribution in [0.1, 0.15) is 64.9 Å². The monoisotopic (exact) mass is 427 g/mol. The Morgan fingerprint density at radius 3 is 2.26 bits per heavy atom. The van der Waals surface area contributed by atoms with Gasteiger partial charge in [0.05, 0.1) is 19.8 Å². The number of nitrogens with one attached hydrogen (secondary N) is 1. The number of unbranched alkanes of at least 4 members (excludes halogenated alkanes) is 3. The standard InChI is InChI=1S/C26H37NO4/c1-4-7-9-19-30-23-14-12-22(13-15-23)27-26(28)17-11-21-10-16-24(31-18-8-5-2)25(20-21)29-6-3/h10,12-16,20H,4-9,11,17-19H2,1-3H3,(H,27,28). The molecule has 0 aromatic heterocycles. The number of carbonyl (C=O) groups excluding carboxylic acids is 1. The summed E-state index contributed by atoms with van der Waals surface area (Å²) in [7, 11) is 0. The van der Waals surface area contributed by atoms with Gasteiger partial charge in [-0.15, -0.1) is 0 Å². The van der Waals surface area contributed by atoms with Gasteiger partial charge < -0.3 is 19.5 Å². The SMILES string of the molecule is CCCCCOc1ccc(NC(=O)CCc2ccc(OCCCC)c(OCC)c2)cc1. The second kappa shape index (κ2) is 14.3. The summed E-state index contributed by atoms with van der Waals surface area (Å²) in [5.41, 5.74) is 1.83. The highest BCUT2D eigenvalue weighted by Gasteiger charge is 2.09. The van der Waals surface area contributed by atoms with Crippen LogP contribution in [0.25, 0.3) is 0 Å². The lowest BCUT2D eigenvalue weighted by Gasteiger charge is -2.13. The second-order valence-corrected chi connectivity index (χ2v) is 7.54. The topological polar surface area (TPSA) is 56.8 Å². The molecule has 0 bridgehead atoms. The van der Waals surface area contributed by atoms with E-state index in [0.29, 0.717) is 26.1 Å². The molecule has 0 aliphatic rings. The van der Waals surface area contributed by atoms with Crippen molar-refractivity contribution < 1.29 is 19.0 Å². The summed E-state index contributed by atoms with van der Waals surface area (Å²) >= 11 is 0. The van der Waals surface area contributed by atoms with Crippen LogP contribution >= 0.6 is 0 Å². The number of hydrogen-bond donors (Lipinski definition) is 1. The summed E-state index contributed by atoms with van der Waals surface area (Å²) in [6.45, 7) is 8.25. The quantitative estimate of drug-likeness (QED) is 0.334. The van der Waals surface area contributed by atoms with Crippen LogP contribution in [0.15, 0.2) is 42.5 Å². The van der Waals surface area contributed by atoms with Crippen molar-refractivity contribution >= 4 is 11.6 Å². The Morgan fingerprint density at radius 2 is 1.55 bits per heavy atom. The van der Waals surface area contributed by atoms with E-state index in [2.05, 4.69) is 19.2 Å². The number of benzene rings is 2. The van der Waals surface area contributed by atoms with Crippen molar-refractivity contribution in [3.05, 3.63) is 48.0 Å². The highest BCUT2D eigenvalue weighted by molar-refractivity contribution is 5.90. The first-order valence-electron chi connectivity index (χ1n) is 11.6. The van der Waals surface area contributed by atoms with Crippen LogP contribution in [-0.2, 0) is 11.2 Å². The average molecular weight is 428 g/mol. The highest BCUT2D eigenvalue weighted by atomic mass is 16.5. The van der Waals surface area contributed by atoms with Crippen molar-refractivity contribution in [2.24, 2.45) is 0 Å². The zero-order valence-corrected chi connectivity index (χ0v) is 19.2. The van der Waals surface area contributed by atoms with E-state index in [9.17, 15) is 4.79 Å². The van der Waals surface area contributed by atoms with E-state index in [1.165, 1.54) is 12.8 Å². The fourth-order valence-corrected chi connectivity index (χ4v) is 3.08. The van der Waals surface area contributed by atoms with Crippen molar-refractivity contribution in [3.8, 4) is 17.2 Å². The Balaban J connectivity index is 1.82. The Hall–Kier alpha value is -2.69. The molecule has 5 heteroatoms. The Kier molecular flexibility index (Phi) is 11.4. The van der Waals surface area contributed by atoms with Crippen LogP contribution in [0.3, 0.4) is 0 Å². The number of aryl methyl sites for hydroxylation is 1. The first-order chi connectivity index (χ1) is 15.2. The van der Waals surface area contributed by atoms with Gasteiger partial charge in [0.25, 0.3) is 0 Å². The lowest BCUT2D eigenvalue weighted by molar-refractivity contribution is -0.116. The molecule has 2 aromatic carbocycles. The van der Waals surface area contributed by atoms with Crippen molar-refractivity contribution in [2.45, 2.75) is 65.7 Å². The van der Waals surface area contributed by atoms with Gasteiger partial charge in [-0.2, -0.15) is 0 Å². The third-order valence-electron chi connectivity index (χ3n) is 4.86. The summed E-state index contributed by atoms with van der Waals surface area (Å²) in [4.78, 5) is 12.4. The number of carbonyl (C=O) groups is 1. The van der Waals surface area contributed by atoms with Gasteiger partial charge in [0, 0.05) is 12.1 Å². The van der Waals surface area contributed by atoms with E-state index in [-0.39, 0.29) is 5.91 Å². The molecular weight excluding hydrogens is 390 g/mol. The third-order valence-corrected chi connectivity index (χ3v) is 4.86. The average Bonchev–Trinajstić information content (AvgIpc) is 2.78. The molecule has 170 valence electrons. The number of ether oxygens (including phenoxy) is 3. The van der Waals surface area contributed by atoms with E-state index in [0.717, 1.165) is 54.4 Å². The van der Waals surface area contributed by atoms with Gasteiger partial charge >= 0.3 is 0 Å². The largest absolute Gasteiger partial charge is 0.494 e. The maximum atomic E-state index is 12.4. The van der Waals surface area contributed by atoms with Crippen molar-refractivity contribution in [1.29, 1.82) is 0 Å². The molecule has 5 nitrogen and oxygen atoms in total. The van der Waals surface area contributed by atoms with E-state index in [1.807, 2.05) is 49.4 Å². The molecule has 0 spiro atoms. The van der Waals surface area contributed by atoms with Crippen molar-refractivity contribution in [1.82, 2.24) is 0 Å². The first-order valence-corrected chi connectivity index (χ1v) is 11.6. The van der Waals surface area contributed by atoms with Crippen LogP contribution in [0, 0.1) is 0 Å². The van der Waals surface area contributed by atoms with Crippen LogP contribution in [0.4, 0.5) is 5.69 Å². The molecule has 31 heavy (non-hydrogen) atoms. The molecule has 0 unspecified atom stereocenters. The Bertz CT molecular complexity index is 773.